The molecule has 40 heavy (non-hydrogen) atoms. The Morgan fingerprint density at radius 1 is 1.12 bits per heavy atom. The third-order valence-electron chi connectivity index (χ3n) is 6.09. The minimum Gasteiger partial charge on any atom is -0.338 e. The number of nitrogens with zero attached hydrogens (tertiary/aromatic N) is 6. The Balaban J connectivity index is 2.13. The van der Waals surface area contributed by atoms with Crippen molar-refractivity contribution in [3.05, 3.63) is 83.3 Å². The predicted octanol–water partition coefficient (Wildman–Crippen LogP) is 4.71. The number of carbonyl (C=O) groups is 2. The number of allylic oxidation sites excluding steroid dienone is 1. The molecule has 3 amide bonds. The summed E-state index contributed by atoms with van der Waals surface area (Å²) in [5.74, 6) is 0. The lowest BCUT2D eigenvalue weighted by molar-refractivity contribution is -0.137. The highest BCUT2D eigenvalue weighted by Gasteiger charge is 2.31. The lowest BCUT2D eigenvalue weighted by atomic mass is 10.1. The van der Waals surface area contributed by atoms with Crippen molar-refractivity contribution >= 4 is 23.8 Å². The minimum atomic E-state index is -4.61. The smallest absolute Gasteiger partial charge is 0.338 e. The summed E-state index contributed by atoms with van der Waals surface area (Å²) in [6, 6.07) is 14.1. The molecule has 0 saturated heterocycles. The molecule has 0 aliphatic heterocycles. The van der Waals surface area contributed by atoms with Gasteiger partial charge in [-0.3, -0.25) is 14.6 Å². The van der Waals surface area contributed by atoms with Gasteiger partial charge in [-0.05, 0) is 82.5 Å². The molecular weight excluding hydrogens is 523 g/mol. The van der Waals surface area contributed by atoms with Crippen molar-refractivity contribution in [2.45, 2.75) is 19.5 Å². The Morgan fingerprint density at radius 2 is 1.82 bits per heavy atom. The molecule has 0 spiro atoms. The normalized spacial score (nSPS) is 12.0. The summed E-state index contributed by atoms with van der Waals surface area (Å²) in [6.45, 7) is 2.68. The Hall–Kier alpha value is -4.63. The average Bonchev–Trinajstić information content (AvgIpc) is 3.40. The number of halogens is 3. The zero-order valence-corrected chi connectivity index (χ0v) is 22.6. The van der Waals surface area contributed by atoms with Crippen molar-refractivity contribution in [2.24, 2.45) is 0 Å². The van der Waals surface area contributed by atoms with Gasteiger partial charge in [0.1, 0.15) is 0 Å². The molecule has 210 valence electrons. The maximum absolute atomic E-state index is 13.4. The molecule has 1 heterocycles. The molecule has 0 aliphatic rings. The molecule has 2 aromatic carbocycles. The largest absolute Gasteiger partial charge is 0.416 e. The number of carbonyl (C=O) groups excluding carboxylic acids is 2. The van der Waals surface area contributed by atoms with Crippen LogP contribution in [0.5, 0.6) is 0 Å². The minimum absolute atomic E-state index is 0.0240. The Bertz CT molecular complexity index is 1410. The van der Waals surface area contributed by atoms with Crippen LogP contribution in [0.2, 0.25) is 0 Å². The summed E-state index contributed by atoms with van der Waals surface area (Å²) >= 11 is 0. The SMILES string of the molecule is C/C(=C(\c1ccnn1-c1ccc(C#N)cc1)N(C)C(=O)NCCCN(C)C)N(C=O)c1cccc(C(F)(F)F)c1. The molecule has 3 rings (SSSR count). The highest BCUT2D eigenvalue weighted by atomic mass is 19.4. The molecule has 0 bridgehead atoms. The number of rotatable bonds is 10. The van der Waals surface area contributed by atoms with Gasteiger partial charge in [-0.2, -0.15) is 23.5 Å². The fourth-order valence-corrected chi connectivity index (χ4v) is 4.06. The molecule has 0 saturated carbocycles. The van der Waals surface area contributed by atoms with Gasteiger partial charge in [0.05, 0.1) is 40.5 Å². The topological polar surface area (TPSA) is 97.5 Å². The Morgan fingerprint density at radius 3 is 2.42 bits per heavy atom. The van der Waals surface area contributed by atoms with Gasteiger partial charge in [-0.15, -0.1) is 0 Å². The van der Waals surface area contributed by atoms with Crippen LogP contribution in [0.1, 0.15) is 30.2 Å². The van der Waals surface area contributed by atoms with Crippen LogP contribution in [0, 0.1) is 11.3 Å². The van der Waals surface area contributed by atoms with Crippen molar-refractivity contribution in [3.8, 4) is 11.8 Å². The van der Waals surface area contributed by atoms with Crippen molar-refractivity contribution in [1.82, 2.24) is 24.9 Å². The molecule has 0 atom stereocenters. The number of nitriles is 1. The summed E-state index contributed by atoms with van der Waals surface area (Å²) in [5, 5.41) is 16.4. The highest BCUT2D eigenvalue weighted by molar-refractivity contribution is 5.90. The van der Waals surface area contributed by atoms with E-state index in [1.54, 1.807) is 30.3 Å². The van der Waals surface area contributed by atoms with Crippen LogP contribution >= 0.6 is 0 Å². The monoisotopic (exact) mass is 553 g/mol. The first-order valence-corrected chi connectivity index (χ1v) is 12.3. The van der Waals surface area contributed by atoms with Crippen LogP contribution in [0.3, 0.4) is 0 Å². The molecule has 0 unspecified atom stereocenters. The molecular formula is C28H30F3N7O2. The van der Waals surface area contributed by atoms with Crippen LogP contribution in [0.4, 0.5) is 23.7 Å². The van der Waals surface area contributed by atoms with E-state index in [-0.39, 0.29) is 17.1 Å². The quantitative estimate of drug-likeness (QED) is 0.290. The number of nitrogens with one attached hydrogen (secondary N) is 1. The van der Waals surface area contributed by atoms with E-state index in [4.69, 9.17) is 5.26 Å². The van der Waals surface area contributed by atoms with Gasteiger partial charge < -0.3 is 10.2 Å². The molecule has 9 nitrogen and oxygen atoms in total. The van der Waals surface area contributed by atoms with E-state index in [1.807, 2.05) is 25.1 Å². The van der Waals surface area contributed by atoms with Crippen LogP contribution < -0.4 is 10.2 Å². The van der Waals surface area contributed by atoms with Gasteiger partial charge in [0, 0.05) is 25.0 Å². The number of hydrogen-bond acceptors (Lipinski definition) is 5. The van der Waals surface area contributed by atoms with Crippen molar-refractivity contribution in [1.29, 1.82) is 5.26 Å². The van der Waals surface area contributed by atoms with E-state index in [1.165, 1.54) is 41.9 Å². The van der Waals surface area contributed by atoms with Crippen molar-refractivity contribution in [2.75, 3.05) is 39.1 Å². The van der Waals surface area contributed by atoms with E-state index < -0.39 is 17.8 Å². The van der Waals surface area contributed by atoms with E-state index in [9.17, 15) is 22.8 Å². The van der Waals surface area contributed by atoms with Crippen molar-refractivity contribution in [3.63, 3.8) is 0 Å². The third kappa shape index (κ3) is 7.06. The number of anilines is 1. The van der Waals surface area contributed by atoms with Gasteiger partial charge in [0.2, 0.25) is 6.41 Å². The first kappa shape index (κ1) is 29.9. The summed E-state index contributed by atoms with van der Waals surface area (Å²) in [5.41, 5.74) is 0.889. The van der Waals surface area contributed by atoms with Gasteiger partial charge in [-0.1, -0.05) is 6.07 Å². The maximum Gasteiger partial charge on any atom is 0.416 e. The number of alkyl halides is 3. The second-order valence-electron chi connectivity index (χ2n) is 9.19. The third-order valence-corrected chi connectivity index (χ3v) is 6.09. The van der Waals surface area contributed by atoms with Gasteiger partial charge >= 0.3 is 12.2 Å². The molecule has 0 fully saturated rings. The van der Waals surface area contributed by atoms with E-state index in [2.05, 4.69) is 10.4 Å². The Kier molecular flexibility index (Phi) is 9.68. The molecule has 0 radical (unpaired) electrons. The van der Waals surface area contributed by atoms with Crippen LogP contribution in [-0.4, -0.2) is 66.3 Å². The van der Waals surface area contributed by atoms with Gasteiger partial charge in [0.25, 0.3) is 0 Å². The molecule has 0 aliphatic carbocycles. The lowest BCUT2D eigenvalue weighted by Crippen LogP contribution is -2.39. The van der Waals surface area contributed by atoms with Gasteiger partial charge in [0.15, 0.2) is 0 Å². The predicted molar refractivity (Wildman–Crippen MR) is 145 cm³/mol. The second kappa shape index (κ2) is 12.9. The number of aromatic nitrogens is 2. The molecule has 12 heteroatoms. The lowest BCUT2D eigenvalue weighted by Gasteiger charge is -2.28. The molecule has 1 aromatic heterocycles. The first-order valence-electron chi connectivity index (χ1n) is 12.3. The summed E-state index contributed by atoms with van der Waals surface area (Å²) in [6.07, 6.45) is -2.02. The van der Waals surface area contributed by atoms with E-state index in [0.717, 1.165) is 23.6 Å². The zero-order chi connectivity index (χ0) is 29.4. The van der Waals surface area contributed by atoms with Crippen LogP contribution in [0.15, 0.2) is 66.5 Å². The fraction of sp³-hybridized carbons (Fsp3) is 0.286. The summed E-state index contributed by atoms with van der Waals surface area (Å²) in [4.78, 5) is 29.9. The second-order valence-corrected chi connectivity index (χ2v) is 9.19. The number of benzene rings is 2. The first-order chi connectivity index (χ1) is 19.0. The van der Waals surface area contributed by atoms with E-state index >= 15 is 0 Å². The molecule has 1 N–H and O–H groups in total. The highest BCUT2D eigenvalue weighted by Crippen LogP contribution is 2.34. The summed E-state index contributed by atoms with van der Waals surface area (Å²) in [7, 11) is 5.35. The Labute approximate surface area is 230 Å². The summed E-state index contributed by atoms with van der Waals surface area (Å²) < 4.78 is 41.8. The van der Waals surface area contributed by atoms with Crippen LogP contribution in [0.25, 0.3) is 11.4 Å². The fourth-order valence-electron chi connectivity index (χ4n) is 4.06. The number of hydrogen-bond donors (Lipinski definition) is 1. The molecule has 3 aromatic rings. The van der Waals surface area contributed by atoms with E-state index in [0.29, 0.717) is 36.3 Å². The standard InChI is InChI=1S/C28H30F3N7O2/c1-20(37(19-39)24-8-5-7-22(17-24)28(29,30)31)26(36(4)27(40)33-14-6-16-35(2)3)25-13-15-34-38(25)23-11-9-21(18-32)10-12-23/h5,7-13,15,17,19H,6,14,16H2,1-4H3,(H,33,40)/b26-20-. The maximum atomic E-state index is 13.4. The number of urea groups is 1. The van der Waals surface area contributed by atoms with Crippen molar-refractivity contribution < 1.29 is 22.8 Å². The number of amides is 3. The average molecular weight is 554 g/mol. The zero-order valence-electron chi connectivity index (χ0n) is 22.6. The van der Waals surface area contributed by atoms with Crippen LogP contribution in [-0.2, 0) is 11.0 Å². The van der Waals surface area contributed by atoms with Gasteiger partial charge in [-0.25, -0.2) is 9.48 Å².